The van der Waals surface area contributed by atoms with Gasteiger partial charge in [-0.2, -0.15) is 10.2 Å². The molecule has 0 saturated heterocycles. The van der Waals surface area contributed by atoms with E-state index in [0.29, 0.717) is 11.8 Å². The van der Waals surface area contributed by atoms with Crippen LogP contribution in [0.25, 0.3) is 0 Å². The van der Waals surface area contributed by atoms with E-state index in [4.69, 9.17) is 13.8 Å². The minimum atomic E-state index is -4.04. The van der Waals surface area contributed by atoms with Gasteiger partial charge in [0.1, 0.15) is 6.10 Å². The van der Waals surface area contributed by atoms with Crippen LogP contribution in [0.3, 0.4) is 0 Å². The summed E-state index contributed by atoms with van der Waals surface area (Å²) in [6.45, 7) is 10.4. The lowest BCUT2D eigenvalue weighted by Crippen LogP contribution is -2.47. The van der Waals surface area contributed by atoms with E-state index in [0.717, 1.165) is 24.8 Å². The van der Waals surface area contributed by atoms with Gasteiger partial charge in [-0.1, -0.05) is 57.5 Å². The standard InChI is InChI=1S/C24H37N2O5P/c1-6-29-32(28,30-7-2)24(21(16-25-26-24)19-11-9-8-10-12-19)23(27)31-22-15-18(5)13-14-20(22)17(3)4/h8-12,17-18,20-22H,6-7,13-16H2,1-5H3/t18-,20+,21+,22-,24-/m1/s1. The zero-order valence-corrected chi connectivity index (χ0v) is 20.8. The number of azo groups is 1. The summed E-state index contributed by atoms with van der Waals surface area (Å²) in [4.78, 5) is 14.0. The summed E-state index contributed by atoms with van der Waals surface area (Å²) in [7, 11) is -4.04. The molecule has 1 heterocycles. The van der Waals surface area contributed by atoms with Gasteiger partial charge in [-0.05, 0) is 50.0 Å². The van der Waals surface area contributed by atoms with Gasteiger partial charge in [0.25, 0.3) is 5.28 Å². The number of esters is 1. The van der Waals surface area contributed by atoms with Crippen LogP contribution < -0.4 is 0 Å². The maximum atomic E-state index is 14.2. The van der Waals surface area contributed by atoms with E-state index in [1.165, 1.54) is 0 Å². The first-order valence-electron chi connectivity index (χ1n) is 11.8. The summed E-state index contributed by atoms with van der Waals surface area (Å²) < 4.78 is 31.8. The van der Waals surface area contributed by atoms with Crippen molar-refractivity contribution in [3.05, 3.63) is 35.9 Å². The van der Waals surface area contributed by atoms with Crippen molar-refractivity contribution in [1.29, 1.82) is 0 Å². The number of nitrogens with zero attached hydrogens (tertiary/aromatic N) is 2. The molecule has 0 amide bonds. The molecule has 32 heavy (non-hydrogen) atoms. The quantitative estimate of drug-likeness (QED) is 0.321. The highest BCUT2D eigenvalue weighted by Crippen LogP contribution is 2.68. The number of carbonyl (C=O) groups is 1. The number of rotatable bonds is 9. The fourth-order valence-corrected chi connectivity index (χ4v) is 7.25. The zero-order valence-electron chi connectivity index (χ0n) is 19.9. The normalized spacial score (nSPS) is 30.6. The Balaban J connectivity index is 2.05. The van der Waals surface area contributed by atoms with E-state index in [-0.39, 0.29) is 31.8 Å². The molecular weight excluding hydrogens is 427 g/mol. The molecular formula is C24H37N2O5P. The second-order valence-electron chi connectivity index (χ2n) is 9.22. The third-order valence-corrected chi connectivity index (χ3v) is 9.33. The summed E-state index contributed by atoms with van der Waals surface area (Å²) >= 11 is 0. The van der Waals surface area contributed by atoms with Crippen LogP contribution in [-0.4, -0.2) is 37.1 Å². The molecule has 178 valence electrons. The smallest absolute Gasteiger partial charge is 0.372 e. The third-order valence-electron chi connectivity index (χ3n) is 6.71. The van der Waals surface area contributed by atoms with Crippen molar-refractivity contribution in [2.24, 2.45) is 28.0 Å². The Bertz CT molecular complexity index is 836. The van der Waals surface area contributed by atoms with Crippen molar-refractivity contribution < 1.29 is 23.1 Å². The van der Waals surface area contributed by atoms with Gasteiger partial charge in [0.15, 0.2) is 0 Å². The molecule has 0 bridgehead atoms. The average molecular weight is 465 g/mol. The first-order chi connectivity index (χ1) is 15.3. The lowest BCUT2D eigenvalue weighted by atomic mass is 9.75. The molecule has 1 aliphatic carbocycles. The lowest BCUT2D eigenvalue weighted by Gasteiger charge is -2.40. The Labute approximate surface area is 191 Å². The largest absolute Gasteiger partial charge is 0.460 e. The average Bonchev–Trinajstić information content (AvgIpc) is 3.21. The van der Waals surface area contributed by atoms with Crippen molar-refractivity contribution in [2.45, 2.75) is 71.2 Å². The monoisotopic (exact) mass is 464 g/mol. The molecule has 1 aliphatic heterocycles. The van der Waals surface area contributed by atoms with Crippen molar-refractivity contribution >= 4 is 13.6 Å². The molecule has 0 N–H and O–H groups in total. The first-order valence-corrected chi connectivity index (χ1v) is 13.4. The van der Waals surface area contributed by atoms with Crippen LogP contribution in [0.4, 0.5) is 0 Å². The molecule has 0 aromatic heterocycles. The van der Waals surface area contributed by atoms with Gasteiger partial charge in [0, 0.05) is 0 Å². The Hall–Kier alpha value is -1.56. The first kappa shape index (κ1) is 25.1. The Kier molecular flexibility index (Phi) is 8.29. The summed E-state index contributed by atoms with van der Waals surface area (Å²) in [6, 6.07) is 9.45. The van der Waals surface area contributed by atoms with Crippen LogP contribution in [-0.2, 0) is 23.1 Å². The maximum Gasteiger partial charge on any atom is 0.372 e. The summed E-state index contributed by atoms with van der Waals surface area (Å²) in [5.41, 5.74) is 0.812. The Morgan fingerprint density at radius 1 is 1.16 bits per heavy atom. The van der Waals surface area contributed by atoms with Gasteiger partial charge in [0.05, 0.1) is 25.7 Å². The lowest BCUT2D eigenvalue weighted by molar-refractivity contribution is -0.160. The van der Waals surface area contributed by atoms with E-state index < -0.39 is 24.8 Å². The topological polar surface area (TPSA) is 86.5 Å². The highest BCUT2D eigenvalue weighted by atomic mass is 31.2. The van der Waals surface area contributed by atoms with Crippen LogP contribution in [0, 0.1) is 17.8 Å². The molecule has 1 fully saturated rings. The second kappa shape index (κ2) is 10.6. The van der Waals surface area contributed by atoms with Crippen LogP contribution >= 0.6 is 7.60 Å². The predicted molar refractivity (Wildman–Crippen MR) is 124 cm³/mol. The number of hydrogen-bond acceptors (Lipinski definition) is 7. The molecule has 0 radical (unpaired) electrons. The zero-order chi connectivity index (χ0) is 23.4. The molecule has 2 aliphatic rings. The second-order valence-corrected chi connectivity index (χ2v) is 11.4. The molecule has 5 atom stereocenters. The highest BCUT2D eigenvalue weighted by molar-refractivity contribution is 7.56. The van der Waals surface area contributed by atoms with Crippen LogP contribution in [0.15, 0.2) is 40.6 Å². The van der Waals surface area contributed by atoms with E-state index in [9.17, 15) is 9.36 Å². The SMILES string of the molecule is CCOP(=O)(OCC)[C@]1(C(=O)O[C@@H]2C[C@H](C)CC[C@H]2C(C)C)N=NC[C@H]1c1ccccc1. The third kappa shape index (κ3) is 4.71. The fraction of sp³-hybridized carbons (Fsp3) is 0.708. The number of ether oxygens (including phenoxy) is 1. The summed E-state index contributed by atoms with van der Waals surface area (Å²) in [6.07, 6.45) is 2.64. The minimum Gasteiger partial charge on any atom is -0.460 e. The summed E-state index contributed by atoms with van der Waals surface area (Å²) in [5, 5.41) is 6.68. The van der Waals surface area contributed by atoms with E-state index in [1.807, 2.05) is 30.3 Å². The van der Waals surface area contributed by atoms with Crippen molar-refractivity contribution in [3.63, 3.8) is 0 Å². The van der Waals surface area contributed by atoms with Gasteiger partial charge < -0.3 is 13.8 Å². The van der Waals surface area contributed by atoms with E-state index >= 15 is 0 Å². The van der Waals surface area contributed by atoms with Crippen LogP contribution in [0.2, 0.25) is 0 Å². The number of carbonyl (C=O) groups excluding carboxylic acids is 1. The van der Waals surface area contributed by atoms with Gasteiger partial charge in [-0.15, -0.1) is 0 Å². The molecule has 1 aromatic carbocycles. The maximum absolute atomic E-state index is 14.2. The van der Waals surface area contributed by atoms with Gasteiger partial charge in [-0.3, -0.25) is 4.57 Å². The van der Waals surface area contributed by atoms with Crippen molar-refractivity contribution in [3.8, 4) is 0 Å². The molecule has 3 rings (SSSR count). The number of benzene rings is 1. The Morgan fingerprint density at radius 2 is 1.81 bits per heavy atom. The molecule has 1 saturated carbocycles. The van der Waals surface area contributed by atoms with E-state index in [1.54, 1.807) is 13.8 Å². The highest BCUT2D eigenvalue weighted by Gasteiger charge is 2.67. The molecule has 0 spiro atoms. The predicted octanol–water partition coefficient (Wildman–Crippen LogP) is 6.20. The van der Waals surface area contributed by atoms with E-state index in [2.05, 4.69) is 31.0 Å². The fourth-order valence-electron chi connectivity index (χ4n) is 5.04. The molecule has 0 unspecified atom stereocenters. The molecule has 1 aromatic rings. The van der Waals surface area contributed by atoms with Gasteiger partial charge in [0.2, 0.25) is 0 Å². The minimum absolute atomic E-state index is 0.123. The molecule has 8 heteroatoms. The van der Waals surface area contributed by atoms with Crippen molar-refractivity contribution in [1.82, 2.24) is 0 Å². The number of hydrogen-bond donors (Lipinski definition) is 0. The van der Waals surface area contributed by atoms with Crippen molar-refractivity contribution in [2.75, 3.05) is 19.8 Å². The van der Waals surface area contributed by atoms with Crippen LogP contribution in [0.5, 0.6) is 0 Å². The summed E-state index contributed by atoms with van der Waals surface area (Å²) in [5.74, 6) is -0.156. The van der Waals surface area contributed by atoms with Crippen LogP contribution in [0.1, 0.15) is 65.4 Å². The Morgan fingerprint density at radius 3 is 2.41 bits per heavy atom. The van der Waals surface area contributed by atoms with Gasteiger partial charge >= 0.3 is 13.6 Å². The van der Waals surface area contributed by atoms with Gasteiger partial charge in [-0.25, -0.2) is 4.79 Å². The molecule has 7 nitrogen and oxygen atoms in total.